The molecule has 0 radical (unpaired) electrons. The van der Waals surface area contributed by atoms with E-state index in [1.165, 1.54) is 41.1 Å². The molecule has 25 heavy (non-hydrogen) atoms. The molecule has 0 aliphatic rings. The van der Waals surface area contributed by atoms with Crippen LogP contribution in [0.15, 0.2) is 47.6 Å². The molecule has 0 N–H and O–H groups in total. The first-order valence-corrected chi connectivity index (χ1v) is 8.62. The summed E-state index contributed by atoms with van der Waals surface area (Å²) in [5.74, 6) is -0.324. The number of aryl methyl sites for hydroxylation is 2. The maximum Gasteiger partial charge on any atom is 0.330 e. The van der Waals surface area contributed by atoms with Crippen LogP contribution in [-0.4, -0.2) is 27.2 Å². The van der Waals surface area contributed by atoms with Crippen molar-refractivity contribution in [2.75, 3.05) is 26.1 Å². The fourth-order valence-electron chi connectivity index (χ4n) is 2.69. The number of hydrogen-bond donors (Lipinski definition) is 0. The average molecular weight is 341 g/mol. The van der Waals surface area contributed by atoms with Crippen molar-refractivity contribution in [3.63, 3.8) is 0 Å². The van der Waals surface area contributed by atoms with Crippen molar-refractivity contribution in [1.82, 2.24) is 0 Å². The summed E-state index contributed by atoms with van der Waals surface area (Å²) < 4.78 is 4.61. The van der Waals surface area contributed by atoms with Gasteiger partial charge in [-0.1, -0.05) is 23.8 Å². The maximum atomic E-state index is 11.2. The van der Waals surface area contributed by atoms with Gasteiger partial charge in [0.05, 0.1) is 7.11 Å². The van der Waals surface area contributed by atoms with E-state index in [-0.39, 0.29) is 5.97 Å². The lowest BCUT2D eigenvalue weighted by molar-refractivity contribution is -0.134. The van der Waals surface area contributed by atoms with E-state index in [0.29, 0.717) is 0 Å². The smallest absolute Gasteiger partial charge is 0.330 e. The molecule has 0 spiro atoms. The Morgan fingerprint density at radius 1 is 1.16 bits per heavy atom. The lowest BCUT2D eigenvalue weighted by Crippen LogP contribution is -2.10. The molecule has 1 rings (SSSR count). The van der Waals surface area contributed by atoms with Crippen molar-refractivity contribution >= 4 is 11.7 Å². The molecule has 0 saturated heterocycles. The summed E-state index contributed by atoms with van der Waals surface area (Å²) in [5.41, 5.74) is 7.58. The molecule has 0 fully saturated rings. The molecule has 1 aromatic rings. The minimum absolute atomic E-state index is 0.324. The molecule has 0 aromatic heterocycles. The van der Waals surface area contributed by atoms with Gasteiger partial charge in [-0.05, 0) is 74.9 Å². The number of carbonyl (C=O) groups is 1. The normalized spacial score (nSPS) is 12.6. The zero-order chi connectivity index (χ0) is 19.0. The largest absolute Gasteiger partial charge is 0.466 e. The number of esters is 1. The van der Waals surface area contributed by atoms with Crippen LogP contribution in [0.25, 0.3) is 0 Å². The molecule has 0 aliphatic heterocycles. The molecule has 3 nitrogen and oxygen atoms in total. The van der Waals surface area contributed by atoms with Crippen LogP contribution >= 0.6 is 0 Å². The van der Waals surface area contributed by atoms with Crippen molar-refractivity contribution in [2.45, 2.75) is 40.5 Å². The molecule has 136 valence electrons. The third-order valence-electron chi connectivity index (χ3n) is 4.25. The summed E-state index contributed by atoms with van der Waals surface area (Å²) in [4.78, 5) is 13.3. The third kappa shape index (κ3) is 7.00. The fraction of sp³-hybridized carbons (Fsp3) is 0.409. The van der Waals surface area contributed by atoms with E-state index in [4.69, 9.17) is 0 Å². The van der Waals surface area contributed by atoms with Gasteiger partial charge in [0.15, 0.2) is 0 Å². The molecule has 0 unspecified atom stereocenters. The predicted molar refractivity (Wildman–Crippen MR) is 107 cm³/mol. The highest BCUT2D eigenvalue weighted by Gasteiger charge is 2.06. The van der Waals surface area contributed by atoms with Gasteiger partial charge in [0, 0.05) is 25.9 Å². The first-order valence-electron chi connectivity index (χ1n) is 8.62. The topological polar surface area (TPSA) is 29.5 Å². The van der Waals surface area contributed by atoms with Gasteiger partial charge in [-0.2, -0.15) is 0 Å². The van der Waals surface area contributed by atoms with Crippen LogP contribution in [0, 0.1) is 13.8 Å². The second-order valence-corrected chi connectivity index (χ2v) is 6.74. The van der Waals surface area contributed by atoms with E-state index in [1.54, 1.807) is 0 Å². The highest BCUT2D eigenvalue weighted by atomic mass is 16.5. The number of anilines is 1. The van der Waals surface area contributed by atoms with Gasteiger partial charge in [0.1, 0.15) is 0 Å². The fourth-order valence-corrected chi connectivity index (χ4v) is 2.69. The molecule has 0 heterocycles. The lowest BCUT2D eigenvalue weighted by atomic mass is 9.95. The Kier molecular flexibility index (Phi) is 8.20. The SMILES string of the molecule is COC(=O)/C=C(C)/C=C/C=C(\C)CCc1c(C)cc(N(C)C)cc1C. The second-order valence-electron chi connectivity index (χ2n) is 6.74. The Balaban J connectivity index is 2.72. The maximum absolute atomic E-state index is 11.2. The number of ether oxygens (including phenoxy) is 1. The Morgan fingerprint density at radius 2 is 1.76 bits per heavy atom. The Labute approximate surface area is 152 Å². The van der Waals surface area contributed by atoms with Crippen LogP contribution in [0.2, 0.25) is 0 Å². The molecule has 0 aliphatic carbocycles. The summed E-state index contributed by atoms with van der Waals surface area (Å²) >= 11 is 0. The van der Waals surface area contributed by atoms with Crippen LogP contribution in [0.3, 0.4) is 0 Å². The number of allylic oxidation sites excluding steroid dienone is 5. The van der Waals surface area contributed by atoms with Crippen molar-refractivity contribution in [2.24, 2.45) is 0 Å². The van der Waals surface area contributed by atoms with Gasteiger partial charge in [-0.3, -0.25) is 0 Å². The van der Waals surface area contributed by atoms with E-state index in [1.807, 2.05) is 19.1 Å². The number of hydrogen-bond acceptors (Lipinski definition) is 3. The summed E-state index contributed by atoms with van der Waals surface area (Å²) in [7, 11) is 5.53. The average Bonchev–Trinajstić information content (AvgIpc) is 2.53. The summed E-state index contributed by atoms with van der Waals surface area (Å²) in [5, 5.41) is 0. The number of nitrogens with zero attached hydrogens (tertiary/aromatic N) is 1. The predicted octanol–water partition coefficient (Wildman–Crippen LogP) is 4.92. The number of rotatable bonds is 7. The quantitative estimate of drug-likeness (QED) is 0.400. The second kappa shape index (κ2) is 9.87. The first-order chi connectivity index (χ1) is 11.7. The van der Waals surface area contributed by atoms with Crippen LogP contribution in [0.5, 0.6) is 0 Å². The zero-order valence-corrected chi connectivity index (χ0v) is 16.6. The monoisotopic (exact) mass is 341 g/mol. The van der Waals surface area contributed by atoms with Gasteiger partial charge in [0.2, 0.25) is 0 Å². The van der Waals surface area contributed by atoms with Gasteiger partial charge < -0.3 is 9.64 Å². The minimum atomic E-state index is -0.324. The van der Waals surface area contributed by atoms with Gasteiger partial charge in [-0.25, -0.2) is 4.79 Å². The molecule has 0 amide bonds. The van der Waals surface area contributed by atoms with Crippen molar-refractivity contribution in [1.29, 1.82) is 0 Å². The van der Waals surface area contributed by atoms with E-state index < -0.39 is 0 Å². The van der Waals surface area contributed by atoms with Crippen LogP contribution in [0.1, 0.15) is 37.0 Å². The highest BCUT2D eigenvalue weighted by molar-refractivity contribution is 5.83. The molecule has 1 aromatic carbocycles. The summed E-state index contributed by atoms with van der Waals surface area (Å²) in [6.07, 6.45) is 9.56. The molecule has 3 heteroatoms. The number of methoxy groups -OCH3 is 1. The Bertz CT molecular complexity index is 671. The molecule has 0 saturated carbocycles. The van der Waals surface area contributed by atoms with Crippen molar-refractivity contribution in [3.8, 4) is 0 Å². The highest BCUT2D eigenvalue weighted by Crippen LogP contribution is 2.24. The van der Waals surface area contributed by atoms with E-state index in [2.05, 4.69) is 62.7 Å². The van der Waals surface area contributed by atoms with E-state index in [0.717, 1.165) is 18.4 Å². The third-order valence-corrected chi connectivity index (χ3v) is 4.25. The van der Waals surface area contributed by atoms with Crippen molar-refractivity contribution in [3.05, 3.63) is 64.3 Å². The Hall–Kier alpha value is -2.29. The van der Waals surface area contributed by atoms with Gasteiger partial charge in [0.25, 0.3) is 0 Å². The van der Waals surface area contributed by atoms with Gasteiger partial charge in [-0.15, -0.1) is 0 Å². The molecule has 0 atom stereocenters. The zero-order valence-electron chi connectivity index (χ0n) is 16.6. The van der Waals surface area contributed by atoms with Crippen LogP contribution < -0.4 is 4.90 Å². The number of benzene rings is 1. The Morgan fingerprint density at radius 3 is 2.28 bits per heavy atom. The molecular weight excluding hydrogens is 310 g/mol. The number of carbonyl (C=O) groups excluding carboxylic acids is 1. The summed E-state index contributed by atoms with van der Waals surface area (Å²) in [6, 6.07) is 4.50. The molecule has 0 bridgehead atoms. The van der Waals surface area contributed by atoms with Crippen LogP contribution in [0.4, 0.5) is 5.69 Å². The summed E-state index contributed by atoms with van der Waals surface area (Å²) in [6.45, 7) is 8.41. The van der Waals surface area contributed by atoms with Crippen LogP contribution in [-0.2, 0) is 16.0 Å². The molecular formula is C22H31NO2. The van der Waals surface area contributed by atoms with Gasteiger partial charge >= 0.3 is 5.97 Å². The van der Waals surface area contributed by atoms with E-state index in [9.17, 15) is 4.79 Å². The lowest BCUT2D eigenvalue weighted by Gasteiger charge is -2.18. The minimum Gasteiger partial charge on any atom is -0.466 e. The first kappa shape index (κ1) is 20.8. The standard InChI is InChI=1S/C22H31NO2/c1-16(9-8-10-17(2)13-22(24)25-7)11-12-21-18(3)14-20(23(5)6)15-19(21)4/h8-10,13-15H,11-12H2,1-7H3/b10-8+,16-9+,17-13+. The van der Waals surface area contributed by atoms with E-state index >= 15 is 0 Å². The van der Waals surface area contributed by atoms with Crippen molar-refractivity contribution < 1.29 is 9.53 Å².